The minimum atomic E-state index is -0.477. The monoisotopic (exact) mass is 406 g/mol. The van der Waals surface area contributed by atoms with Gasteiger partial charge in [0.1, 0.15) is 5.75 Å². The number of primary amides is 1. The van der Waals surface area contributed by atoms with Crippen molar-refractivity contribution < 1.29 is 9.53 Å². The Labute approximate surface area is 154 Å². The van der Waals surface area contributed by atoms with E-state index in [-0.39, 0.29) is 30.0 Å². The summed E-state index contributed by atoms with van der Waals surface area (Å²) in [6.45, 7) is 11.6. The number of halogens is 2. The molecule has 0 aliphatic carbocycles. The summed E-state index contributed by atoms with van der Waals surface area (Å²) in [5, 5.41) is 3.57. The average molecular weight is 408 g/mol. The van der Waals surface area contributed by atoms with Crippen molar-refractivity contribution in [1.82, 2.24) is 5.32 Å². The first-order valence-electron chi connectivity index (χ1n) is 7.43. The topological polar surface area (TPSA) is 64.3 Å². The molecule has 0 aliphatic rings. The molecule has 0 atom stereocenters. The summed E-state index contributed by atoms with van der Waals surface area (Å²) in [6.07, 6.45) is 1.05. The highest BCUT2D eigenvalue weighted by Gasteiger charge is 2.25. The molecule has 0 saturated carbocycles. The molecular formula is C17H28BrClN2O2. The Bertz CT molecular complexity index is 528. The number of ether oxygens (including phenoxy) is 1. The van der Waals surface area contributed by atoms with E-state index in [9.17, 15) is 4.79 Å². The highest BCUT2D eigenvalue weighted by Crippen LogP contribution is 2.28. The number of hydrogen-bond acceptors (Lipinski definition) is 3. The zero-order valence-corrected chi connectivity index (χ0v) is 16.9. The van der Waals surface area contributed by atoms with E-state index in [0.717, 1.165) is 16.5 Å². The van der Waals surface area contributed by atoms with Crippen LogP contribution in [-0.2, 0) is 11.3 Å². The molecule has 1 aromatic carbocycles. The molecule has 0 aromatic heterocycles. The lowest BCUT2D eigenvalue weighted by Crippen LogP contribution is -2.41. The molecule has 4 nitrogen and oxygen atoms in total. The summed E-state index contributed by atoms with van der Waals surface area (Å²) >= 11 is 3.47. The van der Waals surface area contributed by atoms with Crippen LogP contribution >= 0.6 is 28.3 Å². The molecule has 3 N–H and O–H groups in total. The van der Waals surface area contributed by atoms with Crippen molar-refractivity contribution in [1.29, 1.82) is 0 Å². The molecule has 1 rings (SSSR count). The minimum absolute atomic E-state index is 0. The Hall–Kier alpha value is -0.780. The van der Waals surface area contributed by atoms with Crippen LogP contribution in [0.4, 0.5) is 0 Å². The van der Waals surface area contributed by atoms with Gasteiger partial charge in [0.15, 0.2) is 6.61 Å². The van der Waals surface area contributed by atoms with Crippen LogP contribution in [0, 0.1) is 5.41 Å². The van der Waals surface area contributed by atoms with Gasteiger partial charge in [0.05, 0.1) is 0 Å². The predicted octanol–water partition coefficient (Wildman–Crippen LogP) is 4.04. The van der Waals surface area contributed by atoms with Gasteiger partial charge in [0.25, 0.3) is 5.91 Å². The van der Waals surface area contributed by atoms with Crippen LogP contribution in [0.25, 0.3) is 0 Å². The maximum absolute atomic E-state index is 10.9. The van der Waals surface area contributed by atoms with E-state index in [2.05, 4.69) is 55.9 Å². The molecule has 0 bridgehead atoms. The molecule has 6 heteroatoms. The fourth-order valence-corrected chi connectivity index (χ4v) is 3.11. The number of carbonyl (C=O) groups is 1. The predicted molar refractivity (Wildman–Crippen MR) is 101 cm³/mol. The molecule has 23 heavy (non-hydrogen) atoms. The highest BCUT2D eigenvalue weighted by molar-refractivity contribution is 9.10. The molecule has 0 unspecified atom stereocenters. The largest absolute Gasteiger partial charge is 0.483 e. The number of rotatable bonds is 7. The molecule has 0 spiro atoms. The van der Waals surface area contributed by atoms with Crippen molar-refractivity contribution in [2.24, 2.45) is 11.1 Å². The first kappa shape index (κ1) is 22.2. The summed E-state index contributed by atoms with van der Waals surface area (Å²) in [4.78, 5) is 10.9. The van der Waals surface area contributed by atoms with Crippen molar-refractivity contribution in [3.63, 3.8) is 0 Å². The fourth-order valence-electron chi connectivity index (χ4n) is 2.70. The average Bonchev–Trinajstić information content (AvgIpc) is 2.32. The van der Waals surface area contributed by atoms with E-state index in [4.69, 9.17) is 10.5 Å². The van der Waals surface area contributed by atoms with Gasteiger partial charge in [-0.05, 0) is 43.9 Å². The van der Waals surface area contributed by atoms with E-state index in [0.29, 0.717) is 12.3 Å². The normalized spacial score (nSPS) is 11.7. The molecule has 0 saturated heterocycles. The van der Waals surface area contributed by atoms with Crippen molar-refractivity contribution >= 4 is 34.2 Å². The molecule has 0 fully saturated rings. The summed E-state index contributed by atoms with van der Waals surface area (Å²) in [7, 11) is 0. The van der Waals surface area contributed by atoms with Crippen molar-refractivity contribution in [3.8, 4) is 5.75 Å². The smallest absolute Gasteiger partial charge is 0.255 e. The SMILES string of the molecule is CC(C)(C)CC(C)(C)NCc1cc(Br)ccc1OCC(N)=O.Cl. The van der Waals surface area contributed by atoms with Gasteiger partial charge in [-0.25, -0.2) is 0 Å². The number of amides is 1. The van der Waals surface area contributed by atoms with Crippen LogP contribution in [-0.4, -0.2) is 18.1 Å². The third-order valence-electron chi connectivity index (χ3n) is 3.12. The molecular weight excluding hydrogens is 380 g/mol. The van der Waals surface area contributed by atoms with E-state index in [1.165, 1.54) is 0 Å². The Morgan fingerprint density at radius 2 is 1.87 bits per heavy atom. The number of nitrogens with one attached hydrogen (secondary N) is 1. The zero-order valence-electron chi connectivity index (χ0n) is 14.5. The molecule has 0 heterocycles. The quantitative estimate of drug-likeness (QED) is 0.717. The molecule has 0 aliphatic heterocycles. The van der Waals surface area contributed by atoms with E-state index in [1.807, 2.05) is 18.2 Å². The van der Waals surface area contributed by atoms with Gasteiger partial charge in [-0.3, -0.25) is 4.79 Å². The number of nitrogens with two attached hydrogens (primary N) is 1. The van der Waals surface area contributed by atoms with Crippen molar-refractivity contribution in [2.75, 3.05) is 6.61 Å². The van der Waals surface area contributed by atoms with Gasteiger partial charge < -0.3 is 15.8 Å². The Balaban J connectivity index is 0.00000484. The number of benzene rings is 1. The van der Waals surface area contributed by atoms with E-state index >= 15 is 0 Å². The maximum atomic E-state index is 10.9. The fraction of sp³-hybridized carbons (Fsp3) is 0.588. The maximum Gasteiger partial charge on any atom is 0.255 e. The van der Waals surface area contributed by atoms with Gasteiger partial charge in [0, 0.05) is 22.1 Å². The summed E-state index contributed by atoms with van der Waals surface area (Å²) < 4.78 is 6.46. The van der Waals surface area contributed by atoms with Crippen LogP contribution in [0.5, 0.6) is 5.75 Å². The van der Waals surface area contributed by atoms with Gasteiger partial charge in [-0.1, -0.05) is 36.7 Å². The standard InChI is InChI=1S/C17H27BrN2O2.ClH/c1-16(2,3)11-17(4,5)20-9-12-8-13(18)6-7-14(12)22-10-15(19)21;/h6-8,20H,9-11H2,1-5H3,(H2,19,21);1H. The zero-order chi connectivity index (χ0) is 17.0. The molecule has 1 aromatic rings. The lowest BCUT2D eigenvalue weighted by molar-refractivity contribution is -0.119. The highest BCUT2D eigenvalue weighted by atomic mass is 79.9. The van der Waals surface area contributed by atoms with E-state index in [1.54, 1.807) is 0 Å². The summed E-state index contributed by atoms with van der Waals surface area (Å²) in [5.41, 5.74) is 6.39. The van der Waals surface area contributed by atoms with Crippen LogP contribution in [0.3, 0.4) is 0 Å². The second kappa shape index (κ2) is 8.90. The Morgan fingerprint density at radius 1 is 1.26 bits per heavy atom. The van der Waals surface area contributed by atoms with Gasteiger partial charge in [0.2, 0.25) is 0 Å². The lowest BCUT2D eigenvalue weighted by Gasteiger charge is -2.33. The van der Waals surface area contributed by atoms with Gasteiger partial charge >= 0.3 is 0 Å². The summed E-state index contributed by atoms with van der Waals surface area (Å²) in [5.74, 6) is 0.205. The molecule has 132 valence electrons. The van der Waals surface area contributed by atoms with Crippen LogP contribution < -0.4 is 15.8 Å². The molecule has 0 radical (unpaired) electrons. The Morgan fingerprint density at radius 3 is 2.39 bits per heavy atom. The van der Waals surface area contributed by atoms with Crippen LogP contribution in [0.2, 0.25) is 0 Å². The first-order chi connectivity index (χ1) is 9.98. The number of hydrogen-bond donors (Lipinski definition) is 2. The number of carbonyl (C=O) groups excluding carboxylic acids is 1. The Kier molecular flexibility index (Phi) is 8.60. The third-order valence-corrected chi connectivity index (χ3v) is 3.62. The minimum Gasteiger partial charge on any atom is -0.483 e. The van der Waals surface area contributed by atoms with Crippen molar-refractivity contribution in [2.45, 2.75) is 53.1 Å². The molecule has 1 amide bonds. The second-order valence-electron chi connectivity index (χ2n) is 7.48. The van der Waals surface area contributed by atoms with Gasteiger partial charge in [-0.2, -0.15) is 0 Å². The summed E-state index contributed by atoms with van der Waals surface area (Å²) in [6, 6.07) is 5.73. The lowest BCUT2D eigenvalue weighted by atomic mass is 9.82. The first-order valence-corrected chi connectivity index (χ1v) is 8.22. The van der Waals surface area contributed by atoms with Crippen LogP contribution in [0.1, 0.15) is 46.6 Å². The van der Waals surface area contributed by atoms with E-state index < -0.39 is 5.91 Å². The van der Waals surface area contributed by atoms with Gasteiger partial charge in [-0.15, -0.1) is 12.4 Å². The van der Waals surface area contributed by atoms with Crippen LogP contribution in [0.15, 0.2) is 22.7 Å². The third kappa shape index (κ3) is 9.18. The second-order valence-corrected chi connectivity index (χ2v) is 8.40. The van der Waals surface area contributed by atoms with Crippen molar-refractivity contribution in [3.05, 3.63) is 28.2 Å².